The van der Waals surface area contributed by atoms with Gasteiger partial charge in [0.15, 0.2) is 5.54 Å². The van der Waals surface area contributed by atoms with Gasteiger partial charge in [0, 0.05) is 20.4 Å². The predicted octanol–water partition coefficient (Wildman–Crippen LogP) is -3.19. The number of ether oxygens (including phenoxy) is 1. The lowest BCUT2D eigenvalue weighted by atomic mass is 9.98. The van der Waals surface area contributed by atoms with Crippen LogP contribution in [0.25, 0.3) is 0 Å². The number of terminal acetylenes is 1. The Morgan fingerprint density at radius 3 is 2.65 bits per heavy atom. The molecular weight excluding hydrogens is 240 g/mol. The van der Waals surface area contributed by atoms with Crippen LogP contribution < -0.4 is 22.6 Å². The van der Waals surface area contributed by atoms with Crippen LogP contribution >= 0.6 is 0 Å². The molecule has 0 aromatic carbocycles. The van der Waals surface area contributed by atoms with Crippen molar-refractivity contribution in [1.82, 2.24) is 5.32 Å². The average molecular weight is 261 g/mol. The van der Waals surface area contributed by atoms with Crippen molar-refractivity contribution in [3.8, 4) is 12.3 Å². The number of likely N-dealkylation sites (tertiary alicyclic amines) is 1. The first-order chi connectivity index (χ1) is 7.49. The second-order valence-corrected chi connectivity index (χ2v) is 4.74. The monoisotopic (exact) mass is 260 g/mol. The molecular formula is C12H21ClN2O2. The molecule has 1 amide bonds. The average Bonchev–Trinajstić information content (AvgIpc) is 2.19. The molecule has 0 aromatic rings. The van der Waals surface area contributed by atoms with Crippen molar-refractivity contribution in [2.45, 2.75) is 38.8 Å². The number of rotatable bonds is 4. The zero-order valence-electron chi connectivity index (χ0n) is 10.7. The Kier molecular flexibility index (Phi) is 6.36. The minimum Gasteiger partial charge on any atom is -1.00 e. The van der Waals surface area contributed by atoms with Crippen LogP contribution in [0.15, 0.2) is 0 Å². The van der Waals surface area contributed by atoms with Gasteiger partial charge in [0.1, 0.15) is 13.1 Å². The predicted molar refractivity (Wildman–Crippen MR) is 62.2 cm³/mol. The Labute approximate surface area is 109 Å². The van der Waals surface area contributed by atoms with Gasteiger partial charge in [-0.25, -0.2) is 4.79 Å². The van der Waals surface area contributed by atoms with Crippen LogP contribution in [0.5, 0.6) is 0 Å². The van der Waals surface area contributed by atoms with E-state index >= 15 is 0 Å². The van der Waals surface area contributed by atoms with Crippen molar-refractivity contribution in [2.75, 3.05) is 19.6 Å². The summed E-state index contributed by atoms with van der Waals surface area (Å²) in [5.74, 6) is 2.76. The van der Waals surface area contributed by atoms with Crippen LogP contribution in [-0.4, -0.2) is 37.4 Å². The standard InChI is InChI=1S/C12H20N2O2.ClH/c1-5-7-13-11(15)16-10-8-14(9-10)12(3,4)6-2;/h2,10H,5,7-9H2,1,3-4H3,(H,13,15);1H. The van der Waals surface area contributed by atoms with E-state index in [0.717, 1.165) is 19.5 Å². The van der Waals surface area contributed by atoms with Crippen LogP contribution in [0, 0.1) is 12.3 Å². The molecule has 98 valence electrons. The number of carbonyl (C=O) groups is 1. The number of alkyl carbamates (subject to hydrolysis) is 1. The van der Waals surface area contributed by atoms with Gasteiger partial charge in [-0.3, -0.25) is 0 Å². The van der Waals surface area contributed by atoms with Gasteiger partial charge >= 0.3 is 6.09 Å². The van der Waals surface area contributed by atoms with Gasteiger partial charge in [-0.05, 0) is 12.3 Å². The summed E-state index contributed by atoms with van der Waals surface area (Å²) < 4.78 is 5.22. The molecule has 2 N–H and O–H groups in total. The van der Waals surface area contributed by atoms with Gasteiger partial charge < -0.3 is 27.4 Å². The Morgan fingerprint density at radius 1 is 1.59 bits per heavy atom. The lowest BCUT2D eigenvalue weighted by molar-refractivity contribution is -0.983. The Balaban J connectivity index is 0.00000256. The summed E-state index contributed by atoms with van der Waals surface area (Å²) in [6.45, 7) is 8.32. The largest absolute Gasteiger partial charge is 1.00 e. The van der Waals surface area contributed by atoms with Crippen LogP contribution in [0.3, 0.4) is 0 Å². The van der Waals surface area contributed by atoms with Crippen molar-refractivity contribution in [3.63, 3.8) is 0 Å². The SMILES string of the molecule is C#CC(C)(C)[NH+]1CC(OC(=O)NCCC)C1.[Cl-]. The molecule has 17 heavy (non-hydrogen) atoms. The first-order valence-electron chi connectivity index (χ1n) is 5.77. The maximum atomic E-state index is 11.2. The number of halogens is 1. The van der Waals surface area contributed by atoms with Gasteiger partial charge in [0.2, 0.25) is 6.10 Å². The number of amides is 1. The van der Waals surface area contributed by atoms with E-state index < -0.39 is 0 Å². The van der Waals surface area contributed by atoms with Crippen LogP contribution in [-0.2, 0) is 4.74 Å². The third-order valence-corrected chi connectivity index (χ3v) is 2.99. The normalized spacial score (nSPS) is 22.7. The van der Waals surface area contributed by atoms with E-state index in [4.69, 9.17) is 11.2 Å². The van der Waals surface area contributed by atoms with Crippen molar-refractivity contribution in [2.24, 2.45) is 0 Å². The molecule has 4 nitrogen and oxygen atoms in total. The number of carbonyl (C=O) groups excluding carboxylic acids is 1. The highest BCUT2D eigenvalue weighted by molar-refractivity contribution is 5.67. The molecule has 0 radical (unpaired) electrons. The van der Waals surface area contributed by atoms with Crippen LogP contribution in [0.4, 0.5) is 4.79 Å². The van der Waals surface area contributed by atoms with E-state index in [1.807, 2.05) is 20.8 Å². The highest BCUT2D eigenvalue weighted by Gasteiger charge is 2.42. The molecule has 0 atom stereocenters. The third-order valence-electron chi connectivity index (χ3n) is 2.99. The summed E-state index contributed by atoms with van der Waals surface area (Å²) in [5, 5.41) is 2.69. The Morgan fingerprint density at radius 2 is 2.18 bits per heavy atom. The summed E-state index contributed by atoms with van der Waals surface area (Å²) >= 11 is 0. The Hall–Kier alpha value is -0.920. The molecule has 0 unspecified atom stereocenters. The third kappa shape index (κ3) is 4.45. The van der Waals surface area contributed by atoms with Crippen molar-refractivity contribution in [3.05, 3.63) is 0 Å². The second kappa shape index (κ2) is 6.73. The van der Waals surface area contributed by atoms with Gasteiger partial charge in [-0.15, -0.1) is 6.42 Å². The fourth-order valence-corrected chi connectivity index (χ4v) is 1.61. The van der Waals surface area contributed by atoms with E-state index in [1.165, 1.54) is 4.90 Å². The van der Waals surface area contributed by atoms with Crippen LogP contribution in [0.1, 0.15) is 27.2 Å². The van der Waals surface area contributed by atoms with Gasteiger partial charge in [-0.1, -0.05) is 6.92 Å². The van der Waals surface area contributed by atoms with E-state index in [2.05, 4.69) is 11.2 Å². The topological polar surface area (TPSA) is 42.8 Å². The molecule has 0 aromatic heterocycles. The first-order valence-corrected chi connectivity index (χ1v) is 5.77. The van der Waals surface area contributed by atoms with E-state index in [9.17, 15) is 4.79 Å². The fraction of sp³-hybridized carbons (Fsp3) is 0.750. The van der Waals surface area contributed by atoms with E-state index in [1.54, 1.807) is 0 Å². The Bertz CT molecular complexity index is 293. The van der Waals surface area contributed by atoms with Gasteiger partial charge in [0.05, 0.1) is 0 Å². The number of quaternary nitrogens is 1. The van der Waals surface area contributed by atoms with Crippen LogP contribution in [0.2, 0.25) is 0 Å². The smallest absolute Gasteiger partial charge is 0.407 e. The lowest BCUT2D eigenvalue weighted by Crippen LogP contribution is -3.27. The molecule has 1 aliphatic heterocycles. The quantitative estimate of drug-likeness (QED) is 0.523. The molecule has 1 heterocycles. The summed E-state index contributed by atoms with van der Waals surface area (Å²) in [6.07, 6.45) is 6.05. The molecule has 0 aliphatic carbocycles. The van der Waals surface area contributed by atoms with Gasteiger partial charge in [0.25, 0.3) is 0 Å². The zero-order valence-corrected chi connectivity index (χ0v) is 11.4. The second-order valence-electron chi connectivity index (χ2n) is 4.74. The molecule has 0 saturated carbocycles. The highest BCUT2D eigenvalue weighted by atomic mass is 35.5. The minimum atomic E-state index is -0.315. The highest BCUT2D eigenvalue weighted by Crippen LogP contribution is 2.02. The molecule has 1 rings (SSSR count). The van der Waals surface area contributed by atoms with E-state index in [0.29, 0.717) is 6.54 Å². The molecule has 5 heteroatoms. The van der Waals surface area contributed by atoms with Crippen molar-refractivity contribution in [1.29, 1.82) is 0 Å². The molecule has 1 aliphatic rings. The fourth-order valence-electron chi connectivity index (χ4n) is 1.61. The summed E-state index contributed by atoms with van der Waals surface area (Å²) in [7, 11) is 0. The van der Waals surface area contributed by atoms with Crippen molar-refractivity contribution < 1.29 is 26.8 Å². The zero-order chi connectivity index (χ0) is 12.2. The molecule has 0 bridgehead atoms. The first kappa shape index (κ1) is 16.1. The maximum Gasteiger partial charge on any atom is 0.407 e. The van der Waals surface area contributed by atoms with Gasteiger partial charge in [-0.2, -0.15) is 0 Å². The van der Waals surface area contributed by atoms with E-state index in [-0.39, 0.29) is 30.1 Å². The molecule has 1 saturated heterocycles. The van der Waals surface area contributed by atoms with Crippen molar-refractivity contribution >= 4 is 6.09 Å². The summed E-state index contributed by atoms with van der Waals surface area (Å²) in [5.41, 5.74) is -0.167. The summed E-state index contributed by atoms with van der Waals surface area (Å²) in [6, 6.07) is 0. The molecule has 0 spiro atoms. The summed E-state index contributed by atoms with van der Waals surface area (Å²) in [4.78, 5) is 12.5. The number of nitrogens with one attached hydrogen (secondary N) is 2. The number of hydrogen-bond acceptors (Lipinski definition) is 2. The molecule has 1 fully saturated rings. The number of hydrogen-bond donors (Lipinski definition) is 2. The maximum absolute atomic E-state index is 11.2. The lowest BCUT2D eigenvalue weighted by Gasteiger charge is -2.41. The minimum absolute atomic E-state index is 0.